The first-order chi connectivity index (χ1) is 18.5. The number of likely N-dealkylation sites (N-methyl/N-ethyl adjacent to an activating group) is 1. The van der Waals surface area contributed by atoms with Gasteiger partial charge >= 0.3 is 0 Å². The molecule has 0 saturated carbocycles. The van der Waals surface area contributed by atoms with E-state index in [1.54, 1.807) is 50.2 Å². The van der Waals surface area contributed by atoms with E-state index in [0.717, 1.165) is 15.4 Å². The summed E-state index contributed by atoms with van der Waals surface area (Å²) in [5, 5.41) is 3.64. The Morgan fingerprint density at radius 2 is 1.51 bits per heavy atom. The number of anilines is 1. The smallest absolute Gasteiger partial charge is 0.264 e. The Labute approximate surface area is 244 Å². The molecule has 208 valence electrons. The molecule has 0 radical (unpaired) electrons. The zero-order valence-corrected chi connectivity index (χ0v) is 24.9. The van der Waals surface area contributed by atoms with Crippen LogP contribution in [0.3, 0.4) is 0 Å². The average Bonchev–Trinajstić information content (AvgIpc) is 2.90. The van der Waals surface area contributed by atoms with E-state index in [2.05, 4.69) is 5.32 Å². The molecule has 39 heavy (non-hydrogen) atoms. The second-order valence-corrected chi connectivity index (χ2v) is 12.0. The number of rotatable bonds is 11. The van der Waals surface area contributed by atoms with Crippen molar-refractivity contribution >= 4 is 62.3 Å². The van der Waals surface area contributed by atoms with E-state index in [-0.39, 0.29) is 33.1 Å². The molecule has 0 aliphatic carbocycles. The van der Waals surface area contributed by atoms with Gasteiger partial charge in [-0.25, -0.2) is 8.42 Å². The summed E-state index contributed by atoms with van der Waals surface area (Å²) in [5.74, 6) is -0.925. The van der Waals surface area contributed by atoms with Crippen molar-refractivity contribution < 1.29 is 18.0 Å². The van der Waals surface area contributed by atoms with Crippen LogP contribution in [0.1, 0.15) is 31.4 Å². The van der Waals surface area contributed by atoms with Gasteiger partial charge in [0.1, 0.15) is 12.6 Å². The molecule has 3 aromatic carbocycles. The zero-order valence-electron chi connectivity index (χ0n) is 21.8. The Balaban J connectivity index is 2.10. The monoisotopic (exact) mass is 609 g/mol. The Hall–Kier alpha value is -2.78. The summed E-state index contributed by atoms with van der Waals surface area (Å²) in [4.78, 5) is 28.3. The van der Waals surface area contributed by atoms with Crippen LogP contribution in [-0.4, -0.2) is 44.3 Å². The first-order valence-corrected chi connectivity index (χ1v) is 14.9. The molecular formula is C28H30Cl3N3O4S. The van der Waals surface area contributed by atoms with Crippen LogP contribution in [0.5, 0.6) is 0 Å². The highest BCUT2D eigenvalue weighted by Gasteiger charge is 2.34. The van der Waals surface area contributed by atoms with Crippen LogP contribution >= 0.6 is 34.8 Å². The number of halogens is 3. The fourth-order valence-corrected chi connectivity index (χ4v) is 6.01. The van der Waals surface area contributed by atoms with Gasteiger partial charge in [0, 0.05) is 23.1 Å². The van der Waals surface area contributed by atoms with Gasteiger partial charge in [0.05, 0.1) is 15.6 Å². The van der Waals surface area contributed by atoms with Crippen molar-refractivity contribution in [1.29, 1.82) is 0 Å². The first-order valence-electron chi connectivity index (χ1n) is 12.3. The predicted molar refractivity (Wildman–Crippen MR) is 157 cm³/mol. The van der Waals surface area contributed by atoms with Gasteiger partial charge in [0.25, 0.3) is 10.0 Å². The summed E-state index contributed by atoms with van der Waals surface area (Å²) in [7, 11) is -4.26. The largest absolute Gasteiger partial charge is 0.355 e. The number of benzene rings is 3. The number of nitrogens with one attached hydrogen (secondary N) is 1. The van der Waals surface area contributed by atoms with E-state index in [1.165, 1.54) is 35.2 Å². The standard InChI is InChI=1S/C28H30Cl3N3O4S/c1-4-25(28(36)32-5-2)33(17-20-8-10-21(29)11-9-20)27(35)18-34(26-16-22(30)12-15-24(26)31)39(37,38)23-13-6-19(3)7-14-23/h6-16,25H,4-5,17-18H2,1-3H3,(H,32,36)/t25-/m1/s1. The normalized spacial score (nSPS) is 12.1. The summed E-state index contributed by atoms with van der Waals surface area (Å²) in [5.41, 5.74) is 1.65. The summed E-state index contributed by atoms with van der Waals surface area (Å²) in [6.45, 7) is 5.24. The lowest BCUT2D eigenvalue weighted by Gasteiger charge is -2.33. The number of aryl methyl sites for hydroxylation is 1. The molecule has 0 unspecified atom stereocenters. The number of sulfonamides is 1. The van der Waals surface area contributed by atoms with Crippen LogP contribution in [0.15, 0.2) is 71.6 Å². The third-order valence-corrected chi connectivity index (χ3v) is 8.65. The van der Waals surface area contributed by atoms with Gasteiger partial charge < -0.3 is 10.2 Å². The fraction of sp³-hybridized carbons (Fsp3) is 0.286. The maximum Gasteiger partial charge on any atom is 0.264 e. The van der Waals surface area contributed by atoms with E-state index in [9.17, 15) is 18.0 Å². The highest BCUT2D eigenvalue weighted by atomic mass is 35.5. The topological polar surface area (TPSA) is 86.8 Å². The lowest BCUT2D eigenvalue weighted by molar-refractivity contribution is -0.140. The van der Waals surface area contributed by atoms with Crippen molar-refractivity contribution in [2.75, 3.05) is 17.4 Å². The molecule has 3 aromatic rings. The van der Waals surface area contributed by atoms with E-state index in [0.29, 0.717) is 18.0 Å². The predicted octanol–water partition coefficient (Wildman–Crippen LogP) is 6.09. The number of nitrogens with zero attached hydrogens (tertiary/aromatic N) is 2. The van der Waals surface area contributed by atoms with Gasteiger partial charge in [-0.3, -0.25) is 13.9 Å². The summed E-state index contributed by atoms with van der Waals surface area (Å²) in [6, 6.07) is 16.7. The third-order valence-electron chi connectivity index (χ3n) is 6.07. The number of carbonyl (C=O) groups excluding carboxylic acids is 2. The molecule has 11 heteroatoms. The van der Waals surface area contributed by atoms with Crippen molar-refractivity contribution in [2.45, 2.75) is 44.7 Å². The minimum Gasteiger partial charge on any atom is -0.355 e. The molecule has 0 aliphatic heterocycles. The third kappa shape index (κ3) is 7.66. The fourth-order valence-electron chi connectivity index (χ4n) is 4.03. The Morgan fingerprint density at radius 3 is 2.10 bits per heavy atom. The summed E-state index contributed by atoms with van der Waals surface area (Å²) >= 11 is 18.7. The van der Waals surface area contributed by atoms with Crippen molar-refractivity contribution in [1.82, 2.24) is 10.2 Å². The van der Waals surface area contributed by atoms with Crippen molar-refractivity contribution in [2.24, 2.45) is 0 Å². The molecule has 1 N–H and O–H groups in total. The number of amides is 2. The van der Waals surface area contributed by atoms with E-state index in [4.69, 9.17) is 34.8 Å². The van der Waals surface area contributed by atoms with Crippen LogP contribution in [0, 0.1) is 6.92 Å². The Morgan fingerprint density at radius 1 is 0.897 bits per heavy atom. The molecule has 2 amide bonds. The SMILES string of the molecule is CCNC(=O)[C@@H](CC)N(Cc1ccc(Cl)cc1)C(=O)CN(c1cc(Cl)ccc1Cl)S(=O)(=O)c1ccc(C)cc1. The average molecular weight is 611 g/mol. The van der Waals surface area contributed by atoms with E-state index >= 15 is 0 Å². The summed E-state index contributed by atoms with van der Waals surface area (Å²) < 4.78 is 28.7. The van der Waals surface area contributed by atoms with Gasteiger partial charge in [0.2, 0.25) is 11.8 Å². The highest BCUT2D eigenvalue weighted by molar-refractivity contribution is 7.92. The molecule has 0 fully saturated rings. The first kappa shape index (κ1) is 30.8. The number of carbonyl (C=O) groups is 2. The number of hydrogen-bond donors (Lipinski definition) is 1. The van der Waals surface area contributed by atoms with Gasteiger partial charge in [-0.05, 0) is 68.3 Å². The van der Waals surface area contributed by atoms with Crippen LogP contribution in [0.4, 0.5) is 5.69 Å². The number of hydrogen-bond acceptors (Lipinski definition) is 4. The second kappa shape index (κ2) is 13.5. The van der Waals surface area contributed by atoms with Crippen LogP contribution in [0.2, 0.25) is 15.1 Å². The van der Waals surface area contributed by atoms with Crippen LogP contribution < -0.4 is 9.62 Å². The van der Waals surface area contributed by atoms with E-state index in [1.807, 2.05) is 6.92 Å². The molecule has 0 heterocycles. The van der Waals surface area contributed by atoms with Gasteiger partial charge in [-0.15, -0.1) is 0 Å². The van der Waals surface area contributed by atoms with Gasteiger partial charge in [-0.1, -0.05) is 71.6 Å². The molecule has 0 bridgehead atoms. The minimum absolute atomic E-state index is 0.0167. The van der Waals surface area contributed by atoms with Crippen molar-refractivity contribution in [3.05, 3.63) is 92.9 Å². The van der Waals surface area contributed by atoms with Gasteiger partial charge in [-0.2, -0.15) is 0 Å². The van der Waals surface area contributed by atoms with Crippen LogP contribution in [0.25, 0.3) is 0 Å². The molecule has 1 atom stereocenters. The van der Waals surface area contributed by atoms with Gasteiger partial charge in [0.15, 0.2) is 0 Å². The second-order valence-electron chi connectivity index (χ2n) is 8.89. The highest BCUT2D eigenvalue weighted by Crippen LogP contribution is 2.33. The molecule has 0 spiro atoms. The van der Waals surface area contributed by atoms with Crippen molar-refractivity contribution in [3.8, 4) is 0 Å². The zero-order chi connectivity index (χ0) is 28.7. The maximum absolute atomic E-state index is 14.0. The lowest BCUT2D eigenvalue weighted by Crippen LogP contribution is -2.52. The maximum atomic E-state index is 14.0. The van der Waals surface area contributed by atoms with E-state index < -0.39 is 28.5 Å². The lowest BCUT2D eigenvalue weighted by atomic mass is 10.1. The molecule has 7 nitrogen and oxygen atoms in total. The molecular weight excluding hydrogens is 581 g/mol. The Bertz CT molecular complexity index is 1410. The van der Waals surface area contributed by atoms with Crippen LogP contribution in [-0.2, 0) is 26.2 Å². The minimum atomic E-state index is -4.26. The quantitative estimate of drug-likeness (QED) is 0.285. The molecule has 0 saturated heterocycles. The summed E-state index contributed by atoms with van der Waals surface area (Å²) in [6.07, 6.45) is 0.313. The van der Waals surface area contributed by atoms with Crippen molar-refractivity contribution in [3.63, 3.8) is 0 Å². The molecule has 3 rings (SSSR count). The molecule has 0 aromatic heterocycles. The molecule has 0 aliphatic rings. The Kier molecular flexibility index (Phi) is 10.7.